The van der Waals surface area contributed by atoms with E-state index in [1.54, 1.807) is 18.2 Å². The van der Waals surface area contributed by atoms with Gasteiger partial charge in [-0.1, -0.05) is 42.0 Å². The molecule has 0 unspecified atom stereocenters. The van der Waals surface area contributed by atoms with E-state index in [1.807, 2.05) is 42.6 Å². The Morgan fingerprint density at radius 1 is 1.15 bits per heavy atom. The molecule has 3 rings (SSSR count). The summed E-state index contributed by atoms with van der Waals surface area (Å²) < 4.78 is 29.3. The first-order valence-electron chi connectivity index (χ1n) is 8.06. The van der Waals surface area contributed by atoms with Crippen molar-refractivity contribution in [2.24, 2.45) is 5.10 Å². The molecule has 0 spiro atoms. The van der Waals surface area contributed by atoms with Gasteiger partial charge in [-0.15, -0.1) is 11.3 Å². The minimum absolute atomic E-state index is 0.0121. The normalized spacial score (nSPS) is 11.1. The van der Waals surface area contributed by atoms with Crippen LogP contribution >= 0.6 is 11.3 Å². The van der Waals surface area contributed by atoms with Crippen molar-refractivity contribution < 1.29 is 18.3 Å². The number of carbonyl (C=O) groups is 1. The van der Waals surface area contributed by atoms with Crippen LogP contribution in [0.5, 0.6) is 5.75 Å². The molecule has 1 amide bonds. The average molecular weight is 386 g/mol. The number of alkyl halides is 2. The second-order valence-electron chi connectivity index (χ2n) is 5.64. The number of halogens is 2. The molecule has 0 aliphatic rings. The molecular formula is C20H16F2N2O2S. The number of hydrogen-bond acceptors (Lipinski definition) is 4. The van der Waals surface area contributed by atoms with Crippen LogP contribution in [0.15, 0.2) is 65.1 Å². The molecule has 0 saturated heterocycles. The van der Waals surface area contributed by atoms with Gasteiger partial charge >= 0.3 is 6.61 Å². The summed E-state index contributed by atoms with van der Waals surface area (Å²) in [6, 6.07) is 16.0. The molecule has 0 saturated carbocycles. The zero-order valence-electron chi connectivity index (χ0n) is 14.4. The van der Waals surface area contributed by atoms with Crippen molar-refractivity contribution in [2.45, 2.75) is 13.5 Å². The van der Waals surface area contributed by atoms with Crippen LogP contribution < -0.4 is 10.2 Å². The lowest BCUT2D eigenvalue weighted by Gasteiger charge is -2.07. The van der Waals surface area contributed by atoms with E-state index < -0.39 is 6.61 Å². The lowest BCUT2D eigenvalue weighted by Crippen LogP contribution is -2.17. The van der Waals surface area contributed by atoms with E-state index >= 15 is 0 Å². The van der Waals surface area contributed by atoms with Gasteiger partial charge in [0.2, 0.25) is 0 Å². The second-order valence-corrected chi connectivity index (χ2v) is 6.56. The summed E-state index contributed by atoms with van der Waals surface area (Å²) >= 11 is 1.30. The Morgan fingerprint density at radius 2 is 1.89 bits per heavy atom. The van der Waals surface area contributed by atoms with Crippen LogP contribution in [-0.2, 0) is 0 Å². The highest BCUT2D eigenvalue weighted by Crippen LogP contribution is 2.28. The summed E-state index contributed by atoms with van der Waals surface area (Å²) in [7, 11) is 0. The summed E-state index contributed by atoms with van der Waals surface area (Å²) in [5.74, 6) is -0.383. The number of amides is 1. The van der Waals surface area contributed by atoms with Crippen LogP contribution in [0, 0.1) is 6.92 Å². The van der Waals surface area contributed by atoms with Crippen LogP contribution in [-0.4, -0.2) is 18.7 Å². The Labute approximate surface area is 159 Å². The second kappa shape index (κ2) is 8.55. The zero-order valence-corrected chi connectivity index (χ0v) is 15.2. The van der Waals surface area contributed by atoms with Crippen LogP contribution in [0.1, 0.15) is 20.8 Å². The number of hydrogen-bond donors (Lipinski definition) is 1. The van der Waals surface area contributed by atoms with Gasteiger partial charge in [0.05, 0.1) is 6.21 Å². The number of para-hydroxylation sites is 1. The Hall–Kier alpha value is -3.06. The molecule has 0 radical (unpaired) electrons. The van der Waals surface area contributed by atoms with Gasteiger partial charge in [-0.3, -0.25) is 4.79 Å². The van der Waals surface area contributed by atoms with Gasteiger partial charge in [-0.05, 0) is 36.1 Å². The number of rotatable bonds is 6. The highest BCUT2D eigenvalue weighted by molar-refractivity contribution is 7.12. The standard InChI is InChI=1S/C20H16F2N2O2S/c1-13-6-8-14(9-7-13)16-10-11-27-18(16)19(25)24-23-12-15-4-2-3-5-17(15)26-20(21)22/h2-12,20H,1H3,(H,24,25)/b23-12-. The number of hydrazone groups is 1. The molecule has 1 heterocycles. The van der Waals surface area contributed by atoms with Gasteiger partial charge in [-0.2, -0.15) is 13.9 Å². The first-order valence-corrected chi connectivity index (χ1v) is 8.94. The lowest BCUT2D eigenvalue weighted by atomic mass is 10.1. The quantitative estimate of drug-likeness (QED) is 0.474. The van der Waals surface area contributed by atoms with Gasteiger partial charge in [0.25, 0.3) is 5.91 Å². The molecular weight excluding hydrogens is 370 g/mol. The van der Waals surface area contributed by atoms with E-state index in [-0.39, 0.29) is 11.7 Å². The maximum atomic E-state index is 12.5. The fourth-order valence-electron chi connectivity index (χ4n) is 2.45. The Morgan fingerprint density at radius 3 is 2.63 bits per heavy atom. The van der Waals surface area contributed by atoms with Crippen molar-refractivity contribution in [3.63, 3.8) is 0 Å². The smallest absolute Gasteiger partial charge is 0.387 e. The Balaban J connectivity index is 1.73. The largest absolute Gasteiger partial charge is 0.434 e. The third-order valence-electron chi connectivity index (χ3n) is 3.74. The molecule has 2 aromatic carbocycles. The van der Waals surface area contributed by atoms with E-state index in [0.717, 1.165) is 16.7 Å². The molecule has 3 aromatic rings. The van der Waals surface area contributed by atoms with Crippen molar-refractivity contribution in [3.8, 4) is 16.9 Å². The molecule has 138 valence electrons. The van der Waals surface area contributed by atoms with Crippen LogP contribution in [0.4, 0.5) is 8.78 Å². The van der Waals surface area contributed by atoms with Gasteiger partial charge in [0.15, 0.2) is 0 Å². The number of aryl methyl sites for hydroxylation is 1. The molecule has 0 atom stereocenters. The average Bonchev–Trinajstić information content (AvgIpc) is 3.13. The summed E-state index contributed by atoms with van der Waals surface area (Å²) in [5.41, 5.74) is 5.65. The van der Waals surface area contributed by atoms with Crippen molar-refractivity contribution in [3.05, 3.63) is 76.0 Å². The zero-order chi connectivity index (χ0) is 19.2. The maximum Gasteiger partial charge on any atom is 0.387 e. The summed E-state index contributed by atoms with van der Waals surface area (Å²) in [5, 5.41) is 5.70. The van der Waals surface area contributed by atoms with Gasteiger partial charge in [0, 0.05) is 11.1 Å². The van der Waals surface area contributed by atoms with Crippen LogP contribution in [0.25, 0.3) is 11.1 Å². The molecule has 0 fully saturated rings. The van der Waals surface area contributed by atoms with Gasteiger partial charge in [0.1, 0.15) is 10.6 Å². The van der Waals surface area contributed by atoms with E-state index in [1.165, 1.54) is 23.6 Å². The van der Waals surface area contributed by atoms with E-state index in [4.69, 9.17) is 0 Å². The predicted octanol–water partition coefficient (Wildman–Crippen LogP) is 5.09. The molecule has 1 N–H and O–H groups in total. The number of ether oxygens (including phenoxy) is 1. The Kier molecular flexibility index (Phi) is 5.93. The highest BCUT2D eigenvalue weighted by Gasteiger charge is 2.14. The SMILES string of the molecule is Cc1ccc(-c2ccsc2C(=O)N/N=C\c2ccccc2OC(F)F)cc1. The summed E-state index contributed by atoms with van der Waals surface area (Å²) in [4.78, 5) is 13.0. The number of carbonyl (C=O) groups excluding carboxylic acids is 1. The van der Waals surface area contributed by atoms with Crippen molar-refractivity contribution >= 4 is 23.5 Å². The monoisotopic (exact) mass is 386 g/mol. The lowest BCUT2D eigenvalue weighted by molar-refractivity contribution is -0.0499. The summed E-state index contributed by atoms with van der Waals surface area (Å²) in [6.45, 7) is -0.938. The molecule has 4 nitrogen and oxygen atoms in total. The third-order valence-corrected chi connectivity index (χ3v) is 4.65. The fourth-order valence-corrected chi connectivity index (χ4v) is 3.25. The fraction of sp³-hybridized carbons (Fsp3) is 0.100. The van der Waals surface area contributed by atoms with Crippen LogP contribution in [0.2, 0.25) is 0 Å². The van der Waals surface area contributed by atoms with Gasteiger partial charge in [-0.25, -0.2) is 5.43 Å². The van der Waals surface area contributed by atoms with E-state index in [2.05, 4.69) is 15.3 Å². The third kappa shape index (κ3) is 4.77. The number of benzene rings is 2. The van der Waals surface area contributed by atoms with Crippen LogP contribution in [0.3, 0.4) is 0 Å². The minimum Gasteiger partial charge on any atom is -0.434 e. The minimum atomic E-state index is -2.93. The first kappa shape index (κ1) is 18.7. The summed E-state index contributed by atoms with van der Waals surface area (Å²) in [6.07, 6.45) is 1.27. The van der Waals surface area contributed by atoms with Crippen molar-refractivity contribution in [1.82, 2.24) is 5.43 Å². The predicted molar refractivity (Wildman–Crippen MR) is 103 cm³/mol. The maximum absolute atomic E-state index is 12.5. The molecule has 0 aliphatic carbocycles. The molecule has 0 bridgehead atoms. The number of thiophene rings is 1. The highest BCUT2D eigenvalue weighted by atomic mass is 32.1. The number of nitrogens with zero attached hydrogens (tertiary/aromatic N) is 1. The number of nitrogens with one attached hydrogen (secondary N) is 1. The molecule has 0 aliphatic heterocycles. The molecule has 1 aromatic heterocycles. The molecule has 7 heteroatoms. The van der Waals surface area contributed by atoms with Crippen molar-refractivity contribution in [1.29, 1.82) is 0 Å². The topological polar surface area (TPSA) is 50.7 Å². The first-order chi connectivity index (χ1) is 13.0. The Bertz CT molecular complexity index is 953. The molecule has 27 heavy (non-hydrogen) atoms. The van der Waals surface area contributed by atoms with Crippen molar-refractivity contribution in [2.75, 3.05) is 0 Å². The van der Waals surface area contributed by atoms with Gasteiger partial charge < -0.3 is 4.74 Å². The van der Waals surface area contributed by atoms with E-state index in [0.29, 0.717) is 10.4 Å². The van der Waals surface area contributed by atoms with E-state index in [9.17, 15) is 13.6 Å².